The molecule has 0 radical (unpaired) electrons. The number of non-ortho nitro benzene ring substituents is 1. The molecule has 25 heavy (non-hydrogen) atoms. The van der Waals surface area contributed by atoms with Gasteiger partial charge in [0.05, 0.1) is 18.1 Å². The number of hydrogen-bond acceptors (Lipinski definition) is 6. The van der Waals surface area contributed by atoms with Gasteiger partial charge >= 0.3 is 12.1 Å². The highest BCUT2D eigenvalue weighted by Crippen LogP contribution is 2.13. The summed E-state index contributed by atoms with van der Waals surface area (Å²) in [4.78, 5) is 34.8. The molecule has 1 aromatic carbocycles. The predicted molar refractivity (Wildman–Crippen MR) is 89.6 cm³/mol. The third-order valence-electron chi connectivity index (χ3n) is 3.13. The number of carbonyl (C=O) groups is 2. The molecule has 1 rings (SSSR count). The maximum atomic E-state index is 12.0. The number of benzene rings is 1. The van der Waals surface area contributed by atoms with Crippen molar-refractivity contribution < 1.29 is 24.0 Å². The number of carbonyl (C=O) groups excluding carboxylic acids is 2. The Morgan fingerprint density at radius 1 is 1.28 bits per heavy atom. The van der Waals surface area contributed by atoms with Gasteiger partial charge in [0.1, 0.15) is 13.2 Å². The number of nitro groups is 1. The van der Waals surface area contributed by atoms with Gasteiger partial charge in [-0.05, 0) is 24.1 Å². The Hall–Kier alpha value is -3.08. The van der Waals surface area contributed by atoms with Crippen LogP contribution >= 0.6 is 0 Å². The van der Waals surface area contributed by atoms with Crippen molar-refractivity contribution in [2.24, 2.45) is 0 Å². The summed E-state index contributed by atoms with van der Waals surface area (Å²) in [5.74, 6) is 1.72. The number of ether oxygens (including phenoxy) is 2. The van der Waals surface area contributed by atoms with Crippen LogP contribution in [0.1, 0.15) is 25.3 Å². The summed E-state index contributed by atoms with van der Waals surface area (Å²) in [7, 11) is 0. The van der Waals surface area contributed by atoms with E-state index in [1.54, 1.807) is 0 Å². The Kier molecular flexibility index (Phi) is 8.50. The fraction of sp³-hybridized carbons (Fsp3) is 0.412. The first-order chi connectivity index (χ1) is 12.0. The van der Waals surface area contributed by atoms with Crippen LogP contribution in [0, 0.1) is 22.5 Å². The van der Waals surface area contributed by atoms with Crippen LogP contribution in [0.5, 0.6) is 0 Å². The van der Waals surface area contributed by atoms with Crippen LogP contribution in [0.3, 0.4) is 0 Å². The van der Waals surface area contributed by atoms with Crippen LogP contribution in [-0.4, -0.2) is 41.6 Å². The second-order valence-corrected chi connectivity index (χ2v) is 5.11. The van der Waals surface area contributed by atoms with Crippen LogP contribution in [0.4, 0.5) is 10.5 Å². The molecule has 8 nitrogen and oxygen atoms in total. The van der Waals surface area contributed by atoms with Gasteiger partial charge in [0.2, 0.25) is 0 Å². The van der Waals surface area contributed by atoms with Gasteiger partial charge in [-0.2, -0.15) is 0 Å². The van der Waals surface area contributed by atoms with Crippen LogP contribution in [0.25, 0.3) is 0 Å². The summed E-state index contributed by atoms with van der Waals surface area (Å²) in [6.07, 6.45) is 6.07. The van der Waals surface area contributed by atoms with E-state index in [1.807, 2.05) is 6.92 Å². The molecule has 0 unspecified atom stereocenters. The first kappa shape index (κ1) is 20.0. The van der Waals surface area contributed by atoms with E-state index in [0.29, 0.717) is 5.56 Å². The largest absolute Gasteiger partial charge is 0.464 e. The smallest absolute Gasteiger partial charge is 0.411 e. The van der Waals surface area contributed by atoms with Gasteiger partial charge in [-0.25, -0.2) is 4.79 Å². The zero-order valence-electron chi connectivity index (χ0n) is 14.0. The fourth-order valence-electron chi connectivity index (χ4n) is 1.78. The van der Waals surface area contributed by atoms with Crippen LogP contribution in [0.15, 0.2) is 24.3 Å². The predicted octanol–water partition coefficient (Wildman–Crippen LogP) is 2.51. The van der Waals surface area contributed by atoms with Crippen molar-refractivity contribution >= 4 is 17.7 Å². The Balaban J connectivity index is 2.53. The molecule has 0 saturated carbocycles. The normalized spacial score (nSPS) is 9.76. The number of rotatable bonds is 9. The lowest BCUT2D eigenvalue weighted by Gasteiger charge is -2.19. The summed E-state index contributed by atoms with van der Waals surface area (Å²) in [5.41, 5.74) is 0.518. The van der Waals surface area contributed by atoms with Crippen LogP contribution in [-0.2, 0) is 20.9 Å². The SMILES string of the molecule is C#CCN(CC(=O)OCCCC)C(=O)OCc1ccc([N+](=O)[O-])cc1. The van der Waals surface area contributed by atoms with Crippen LogP contribution in [0.2, 0.25) is 0 Å². The van der Waals surface area contributed by atoms with E-state index in [9.17, 15) is 19.7 Å². The molecule has 1 aromatic rings. The van der Waals surface area contributed by atoms with Gasteiger partial charge in [-0.1, -0.05) is 19.3 Å². The molecule has 0 aliphatic carbocycles. The Morgan fingerprint density at radius 2 is 1.96 bits per heavy atom. The summed E-state index contributed by atoms with van der Waals surface area (Å²) in [5, 5.41) is 10.6. The maximum Gasteiger partial charge on any atom is 0.411 e. The number of amides is 1. The molecule has 0 heterocycles. The minimum atomic E-state index is -0.760. The molecule has 0 fully saturated rings. The number of nitro benzene ring substituents is 1. The Labute approximate surface area is 145 Å². The van der Waals surface area contributed by atoms with Gasteiger partial charge < -0.3 is 9.47 Å². The van der Waals surface area contributed by atoms with E-state index in [1.165, 1.54) is 24.3 Å². The first-order valence-electron chi connectivity index (χ1n) is 7.72. The van der Waals surface area contributed by atoms with E-state index in [0.717, 1.165) is 17.7 Å². The van der Waals surface area contributed by atoms with E-state index in [-0.39, 0.29) is 32.0 Å². The minimum absolute atomic E-state index is 0.0566. The lowest BCUT2D eigenvalue weighted by atomic mass is 10.2. The number of esters is 1. The monoisotopic (exact) mass is 348 g/mol. The standard InChI is InChI=1S/C17H20N2O6/c1-3-5-11-24-16(20)12-18(10-4-2)17(21)25-13-14-6-8-15(9-7-14)19(22)23/h2,6-9H,3,5,10-13H2,1H3. The minimum Gasteiger partial charge on any atom is -0.464 e. The Morgan fingerprint density at radius 3 is 2.52 bits per heavy atom. The van der Waals surface area contributed by atoms with Crippen molar-refractivity contribution in [2.75, 3.05) is 19.7 Å². The second kappa shape index (κ2) is 10.6. The highest BCUT2D eigenvalue weighted by Gasteiger charge is 2.18. The van der Waals surface area contributed by atoms with Gasteiger partial charge in [0, 0.05) is 12.1 Å². The van der Waals surface area contributed by atoms with Crippen molar-refractivity contribution in [3.63, 3.8) is 0 Å². The van der Waals surface area contributed by atoms with Crippen LogP contribution < -0.4 is 0 Å². The summed E-state index contributed by atoms with van der Waals surface area (Å²) in [6, 6.07) is 5.59. The molecule has 1 amide bonds. The van der Waals surface area contributed by atoms with Crippen molar-refractivity contribution in [1.82, 2.24) is 4.90 Å². The quantitative estimate of drug-likeness (QED) is 0.223. The number of hydrogen-bond donors (Lipinski definition) is 0. The van der Waals surface area contributed by atoms with Gasteiger partial charge in [0.25, 0.3) is 5.69 Å². The van der Waals surface area contributed by atoms with Crippen molar-refractivity contribution in [3.05, 3.63) is 39.9 Å². The molecule has 0 spiro atoms. The van der Waals surface area contributed by atoms with Crippen molar-refractivity contribution in [1.29, 1.82) is 0 Å². The highest BCUT2D eigenvalue weighted by atomic mass is 16.6. The molecule has 0 N–H and O–H groups in total. The van der Waals surface area contributed by atoms with E-state index in [2.05, 4.69) is 5.92 Å². The topological polar surface area (TPSA) is 99.0 Å². The third kappa shape index (κ3) is 7.35. The first-order valence-corrected chi connectivity index (χ1v) is 7.72. The van der Waals surface area contributed by atoms with E-state index in [4.69, 9.17) is 15.9 Å². The molecule has 0 saturated heterocycles. The lowest BCUT2D eigenvalue weighted by Crippen LogP contribution is -2.37. The molecular formula is C17H20N2O6. The van der Waals surface area contributed by atoms with E-state index < -0.39 is 17.0 Å². The van der Waals surface area contributed by atoms with E-state index >= 15 is 0 Å². The Bertz CT molecular complexity index is 636. The maximum absolute atomic E-state index is 12.0. The summed E-state index contributed by atoms with van der Waals surface area (Å²) >= 11 is 0. The second-order valence-electron chi connectivity index (χ2n) is 5.11. The van der Waals surface area contributed by atoms with Gasteiger partial charge in [-0.3, -0.25) is 19.8 Å². The average Bonchev–Trinajstić information content (AvgIpc) is 2.60. The summed E-state index contributed by atoms with van der Waals surface area (Å²) in [6.45, 7) is 1.77. The molecule has 0 aliphatic heterocycles. The molecular weight excluding hydrogens is 328 g/mol. The molecule has 134 valence electrons. The van der Waals surface area contributed by atoms with Crippen molar-refractivity contribution in [2.45, 2.75) is 26.4 Å². The van der Waals surface area contributed by atoms with Crippen molar-refractivity contribution in [3.8, 4) is 12.3 Å². The molecule has 0 aromatic heterocycles. The average molecular weight is 348 g/mol. The number of terminal acetylenes is 1. The fourth-order valence-corrected chi connectivity index (χ4v) is 1.78. The van der Waals surface area contributed by atoms with Gasteiger partial charge in [0.15, 0.2) is 0 Å². The molecule has 0 bridgehead atoms. The molecule has 0 aliphatic rings. The zero-order chi connectivity index (χ0) is 18.7. The highest BCUT2D eigenvalue weighted by molar-refractivity contribution is 5.78. The lowest BCUT2D eigenvalue weighted by molar-refractivity contribution is -0.384. The third-order valence-corrected chi connectivity index (χ3v) is 3.13. The molecule has 0 atom stereocenters. The van der Waals surface area contributed by atoms with Gasteiger partial charge in [-0.15, -0.1) is 6.42 Å². The summed E-state index contributed by atoms with van der Waals surface area (Å²) < 4.78 is 10.1. The number of nitrogens with zero attached hydrogens (tertiary/aromatic N) is 2. The molecule has 8 heteroatoms. The zero-order valence-corrected chi connectivity index (χ0v) is 14.0. The number of unbranched alkanes of at least 4 members (excludes halogenated alkanes) is 1.